The van der Waals surface area contributed by atoms with E-state index >= 15 is 0 Å². The van der Waals surface area contributed by atoms with E-state index in [1.54, 1.807) is 31.0 Å². The molecule has 2 aliphatic heterocycles. The van der Waals surface area contributed by atoms with Gasteiger partial charge in [-0.15, -0.1) is 0 Å². The molecule has 1 saturated heterocycles. The molecule has 0 spiro atoms. The lowest BCUT2D eigenvalue weighted by Crippen LogP contribution is -2.47. The summed E-state index contributed by atoms with van der Waals surface area (Å²) < 4.78 is 16.4. The van der Waals surface area contributed by atoms with Gasteiger partial charge in [0.05, 0.1) is 43.7 Å². The van der Waals surface area contributed by atoms with Crippen molar-refractivity contribution < 1.29 is 28.6 Å². The minimum atomic E-state index is -0.303. The van der Waals surface area contributed by atoms with Crippen molar-refractivity contribution in [3.63, 3.8) is 0 Å². The Labute approximate surface area is 187 Å². The molecule has 1 aromatic rings. The molecular formula is C22H29ClN2O6. The van der Waals surface area contributed by atoms with E-state index < -0.39 is 0 Å². The Morgan fingerprint density at radius 3 is 2.77 bits per heavy atom. The first-order valence-corrected chi connectivity index (χ1v) is 11.0. The highest BCUT2D eigenvalue weighted by atomic mass is 35.5. The van der Waals surface area contributed by atoms with E-state index in [1.807, 2.05) is 0 Å². The highest BCUT2D eigenvalue weighted by Crippen LogP contribution is 2.38. The molecule has 2 aliphatic rings. The molecule has 1 atom stereocenters. The Bertz CT molecular complexity index is 830. The van der Waals surface area contributed by atoms with E-state index in [0.717, 1.165) is 12.8 Å². The zero-order chi connectivity index (χ0) is 22.4. The topological polar surface area (TPSA) is 85.4 Å². The quantitative estimate of drug-likeness (QED) is 0.616. The van der Waals surface area contributed by atoms with Crippen LogP contribution in [-0.2, 0) is 25.5 Å². The van der Waals surface area contributed by atoms with Crippen LogP contribution in [0.3, 0.4) is 0 Å². The number of carbonyl (C=O) groups excluding carboxylic acids is 3. The molecule has 1 unspecified atom stereocenters. The monoisotopic (exact) mass is 452 g/mol. The van der Waals surface area contributed by atoms with Gasteiger partial charge < -0.3 is 24.0 Å². The van der Waals surface area contributed by atoms with Crippen LogP contribution >= 0.6 is 11.6 Å². The molecular weight excluding hydrogens is 424 g/mol. The Balaban J connectivity index is 1.57. The zero-order valence-electron chi connectivity index (χ0n) is 18.0. The minimum absolute atomic E-state index is 0.0489. The average molecular weight is 453 g/mol. The summed E-state index contributed by atoms with van der Waals surface area (Å²) >= 11 is 6.30. The zero-order valence-corrected chi connectivity index (χ0v) is 18.8. The van der Waals surface area contributed by atoms with Crippen molar-refractivity contribution in [2.75, 3.05) is 46.5 Å². The highest BCUT2D eigenvalue weighted by molar-refractivity contribution is 6.32. The number of hydrogen-bond acceptors (Lipinski definition) is 6. The van der Waals surface area contributed by atoms with Crippen LogP contribution in [0.5, 0.6) is 11.5 Å². The van der Waals surface area contributed by atoms with E-state index in [4.69, 9.17) is 25.8 Å². The molecule has 170 valence electrons. The van der Waals surface area contributed by atoms with Crippen molar-refractivity contribution in [2.45, 2.75) is 32.6 Å². The van der Waals surface area contributed by atoms with Gasteiger partial charge in [-0.25, -0.2) is 0 Å². The maximum Gasteiger partial charge on any atom is 0.310 e. The maximum absolute atomic E-state index is 12.7. The number of nitrogens with zero attached hydrogens (tertiary/aromatic N) is 2. The van der Waals surface area contributed by atoms with Gasteiger partial charge in [0.25, 0.3) is 0 Å². The van der Waals surface area contributed by atoms with E-state index in [-0.39, 0.29) is 36.7 Å². The first-order valence-electron chi connectivity index (χ1n) is 10.7. The lowest BCUT2D eigenvalue weighted by Gasteiger charge is -2.32. The van der Waals surface area contributed by atoms with Gasteiger partial charge in [0.2, 0.25) is 11.8 Å². The maximum atomic E-state index is 12.7. The summed E-state index contributed by atoms with van der Waals surface area (Å²) in [6.45, 7) is 4.00. The van der Waals surface area contributed by atoms with Crippen LogP contribution < -0.4 is 9.47 Å². The second kappa shape index (κ2) is 10.7. The van der Waals surface area contributed by atoms with Crippen LogP contribution in [-0.4, -0.2) is 74.1 Å². The molecule has 31 heavy (non-hydrogen) atoms. The van der Waals surface area contributed by atoms with Crippen LogP contribution in [0.2, 0.25) is 5.02 Å². The Morgan fingerprint density at radius 1 is 1.23 bits per heavy atom. The van der Waals surface area contributed by atoms with Crippen LogP contribution in [0.1, 0.15) is 31.7 Å². The number of piperidine rings is 1. The fraction of sp³-hybridized carbons (Fsp3) is 0.591. The lowest BCUT2D eigenvalue weighted by molar-refractivity contribution is -0.152. The second-order valence-corrected chi connectivity index (χ2v) is 8.22. The molecule has 1 fully saturated rings. The van der Waals surface area contributed by atoms with Gasteiger partial charge in [-0.1, -0.05) is 11.6 Å². The fourth-order valence-corrected chi connectivity index (χ4v) is 4.03. The third-order valence-corrected chi connectivity index (χ3v) is 5.69. The second-order valence-electron chi connectivity index (χ2n) is 7.81. The van der Waals surface area contributed by atoms with Crippen molar-refractivity contribution in [1.82, 2.24) is 9.80 Å². The molecule has 8 nitrogen and oxygen atoms in total. The Kier molecular flexibility index (Phi) is 8.01. The van der Waals surface area contributed by atoms with Crippen molar-refractivity contribution >= 4 is 29.4 Å². The average Bonchev–Trinajstić information content (AvgIpc) is 3.00. The number of benzene rings is 1. The fourth-order valence-electron chi connectivity index (χ4n) is 3.74. The van der Waals surface area contributed by atoms with Crippen LogP contribution in [0, 0.1) is 5.92 Å². The number of ether oxygens (including phenoxy) is 3. The number of carbonyl (C=O) groups is 3. The number of likely N-dealkylation sites (N-methyl/N-ethyl adjacent to an activating group) is 1. The Hall–Kier alpha value is -2.48. The number of hydrogen-bond donors (Lipinski definition) is 0. The van der Waals surface area contributed by atoms with Gasteiger partial charge in [-0.2, -0.15) is 0 Å². The summed E-state index contributed by atoms with van der Waals surface area (Å²) in [4.78, 5) is 40.4. The molecule has 0 aliphatic carbocycles. The molecule has 0 radical (unpaired) electrons. The molecule has 2 heterocycles. The van der Waals surface area contributed by atoms with Gasteiger partial charge in [0, 0.05) is 26.6 Å². The third-order valence-electron chi connectivity index (χ3n) is 5.41. The van der Waals surface area contributed by atoms with Crippen molar-refractivity contribution in [2.24, 2.45) is 5.92 Å². The molecule has 0 bridgehead atoms. The summed E-state index contributed by atoms with van der Waals surface area (Å²) in [7, 11) is 1.59. The Morgan fingerprint density at radius 2 is 2.00 bits per heavy atom. The van der Waals surface area contributed by atoms with E-state index in [2.05, 4.69) is 0 Å². The van der Waals surface area contributed by atoms with Crippen LogP contribution in [0.15, 0.2) is 12.1 Å². The number of fused-ring (bicyclic) bond motifs is 1. The van der Waals surface area contributed by atoms with E-state index in [0.29, 0.717) is 61.4 Å². The van der Waals surface area contributed by atoms with Crippen molar-refractivity contribution in [3.8, 4) is 11.5 Å². The molecule has 3 rings (SSSR count). The van der Waals surface area contributed by atoms with Gasteiger partial charge in [-0.05, 0) is 37.5 Å². The highest BCUT2D eigenvalue weighted by Gasteiger charge is 2.30. The lowest BCUT2D eigenvalue weighted by atomic mass is 9.98. The van der Waals surface area contributed by atoms with Gasteiger partial charge in [0.15, 0.2) is 11.5 Å². The van der Waals surface area contributed by atoms with E-state index in [9.17, 15) is 14.4 Å². The number of amides is 2. The molecule has 0 saturated carbocycles. The number of esters is 1. The first kappa shape index (κ1) is 23.2. The summed E-state index contributed by atoms with van der Waals surface area (Å²) in [6, 6.07) is 3.45. The molecule has 0 aromatic heterocycles. The van der Waals surface area contributed by atoms with Crippen LogP contribution in [0.25, 0.3) is 0 Å². The van der Waals surface area contributed by atoms with Gasteiger partial charge >= 0.3 is 5.97 Å². The van der Waals surface area contributed by atoms with Crippen LogP contribution in [0.4, 0.5) is 0 Å². The van der Waals surface area contributed by atoms with Gasteiger partial charge in [0.1, 0.15) is 0 Å². The van der Waals surface area contributed by atoms with Gasteiger partial charge in [-0.3, -0.25) is 14.4 Å². The summed E-state index contributed by atoms with van der Waals surface area (Å²) in [6.07, 6.45) is 2.30. The van der Waals surface area contributed by atoms with E-state index in [1.165, 1.54) is 4.90 Å². The minimum Gasteiger partial charge on any atom is -0.489 e. The number of halogens is 1. The number of rotatable bonds is 6. The summed E-state index contributed by atoms with van der Waals surface area (Å²) in [5, 5.41) is 0.402. The summed E-state index contributed by atoms with van der Waals surface area (Å²) in [5.41, 5.74) is 0.693. The largest absolute Gasteiger partial charge is 0.489 e. The SMILES string of the molecule is CCOC(=O)C1CCCN(C(=O)CN(C)C(=O)Cc2cc(Cl)c3c(c2)OCCCO3)C1. The smallest absolute Gasteiger partial charge is 0.310 e. The predicted octanol–water partition coefficient (Wildman–Crippen LogP) is 2.30. The third kappa shape index (κ3) is 6.03. The summed E-state index contributed by atoms with van der Waals surface area (Å²) in [5.74, 6) is 0.0720. The van der Waals surface area contributed by atoms with Crippen molar-refractivity contribution in [1.29, 1.82) is 0 Å². The first-order chi connectivity index (χ1) is 14.9. The molecule has 2 amide bonds. The standard InChI is InChI=1S/C22H29ClN2O6/c1-3-29-22(28)16-6-4-7-25(13-16)20(27)14-24(2)19(26)12-15-10-17(23)21-18(11-15)30-8-5-9-31-21/h10-11,16H,3-9,12-14H2,1-2H3. The number of likely N-dealkylation sites (tertiary alicyclic amines) is 1. The molecule has 0 N–H and O–H groups in total. The molecule has 9 heteroatoms. The van der Waals surface area contributed by atoms with Crippen molar-refractivity contribution in [3.05, 3.63) is 22.7 Å². The normalized spacial score (nSPS) is 18.2. The molecule has 1 aromatic carbocycles. The predicted molar refractivity (Wildman–Crippen MR) is 114 cm³/mol.